The largest absolute Gasteiger partial charge is 0.324 e. The van der Waals surface area contributed by atoms with Crippen LogP contribution in [0, 0.1) is 0 Å². The minimum Gasteiger partial charge on any atom is -0.315 e. The van der Waals surface area contributed by atoms with Crippen molar-refractivity contribution < 1.29 is 9.59 Å². The normalized spacial score (nSPS) is 15.7. The molecule has 1 aliphatic heterocycles. The van der Waals surface area contributed by atoms with E-state index >= 15 is 0 Å². The molecule has 0 radical (unpaired) electrons. The van der Waals surface area contributed by atoms with E-state index in [2.05, 4.69) is 29.6 Å². The zero-order valence-corrected chi connectivity index (χ0v) is 8.49. The average molecular weight is 204 g/mol. The molecule has 0 saturated carbocycles. The lowest BCUT2D eigenvalue weighted by atomic mass is 10.6. The second-order valence-corrected chi connectivity index (χ2v) is 3.45. The van der Waals surface area contributed by atoms with E-state index in [0.717, 1.165) is 0 Å². The first-order valence-corrected chi connectivity index (χ1v) is 4.90. The summed E-state index contributed by atoms with van der Waals surface area (Å²) in [4.78, 5) is 22.5. The van der Waals surface area contributed by atoms with E-state index in [1.807, 2.05) is 6.92 Å². The van der Waals surface area contributed by atoms with Crippen LogP contribution in [-0.2, 0) is 4.79 Å². The molecule has 0 aromatic carbocycles. The molecule has 0 spiro atoms. The van der Waals surface area contributed by atoms with Crippen LogP contribution >= 0.6 is 0 Å². The summed E-state index contributed by atoms with van der Waals surface area (Å²) in [5.41, 5.74) is 2.85. The van der Waals surface area contributed by atoms with Crippen molar-refractivity contribution in [2.45, 2.75) is 6.92 Å². The Morgan fingerprint density at radius 1 is 1.33 bits per heavy atom. The maximum absolute atomic E-state index is 10.6. The lowest BCUT2D eigenvalue weighted by Crippen LogP contribution is -2.27. The van der Waals surface area contributed by atoms with Crippen molar-refractivity contribution in [3.05, 3.63) is 24.3 Å². The van der Waals surface area contributed by atoms with Gasteiger partial charge in [0, 0.05) is 6.54 Å². The monoisotopic (exact) mass is 204 g/mol. The maximum atomic E-state index is 10.6. The number of hydrogen-bond donors (Lipinski definition) is 1. The summed E-state index contributed by atoms with van der Waals surface area (Å²) < 4.78 is 0. The Hall–Kier alpha value is -1.84. The zero-order chi connectivity index (χ0) is 10.8. The van der Waals surface area contributed by atoms with E-state index < -0.39 is 0 Å². The van der Waals surface area contributed by atoms with Crippen LogP contribution in [0.15, 0.2) is 24.3 Å². The Labute approximate surface area is 87.9 Å². The fourth-order valence-electron chi connectivity index (χ4n) is 1.41. The topological polar surface area (TPSA) is 49.4 Å². The molecule has 0 bridgehead atoms. The third-order valence-corrected chi connectivity index (χ3v) is 2.36. The number of nitrogens with one attached hydrogen (secondary N) is 1. The molecular formula is C11H12N2O2. The quantitative estimate of drug-likeness (QED) is 0.710. The van der Waals surface area contributed by atoms with Gasteiger partial charge < -0.3 is 4.90 Å². The molecular weight excluding hydrogens is 192 g/mol. The van der Waals surface area contributed by atoms with E-state index in [4.69, 9.17) is 0 Å². The van der Waals surface area contributed by atoms with Crippen LogP contribution in [0.25, 0.3) is 11.1 Å². The predicted molar refractivity (Wildman–Crippen MR) is 56.2 cm³/mol. The summed E-state index contributed by atoms with van der Waals surface area (Å²) in [6.07, 6.45) is 0. The summed E-state index contributed by atoms with van der Waals surface area (Å²) in [5, 5.41) is 2.17. The van der Waals surface area contributed by atoms with Crippen molar-refractivity contribution in [3.8, 4) is 11.1 Å². The summed E-state index contributed by atoms with van der Waals surface area (Å²) in [6, 6.07) is 8.21. The first-order valence-electron chi connectivity index (χ1n) is 4.90. The number of likely N-dealkylation sites (N-methyl/N-ethyl adjacent to an activating group) is 1. The first kappa shape index (κ1) is 9.71. The van der Waals surface area contributed by atoms with Gasteiger partial charge in [-0.15, -0.1) is 0 Å². The van der Waals surface area contributed by atoms with Crippen LogP contribution in [0.1, 0.15) is 6.92 Å². The number of nitrogens with zero attached hydrogens (tertiary/aromatic N) is 1. The first-order chi connectivity index (χ1) is 7.20. The molecule has 4 nitrogen and oxygen atoms in total. The van der Waals surface area contributed by atoms with Gasteiger partial charge in [-0.2, -0.15) is 0 Å². The lowest BCUT2D eigenvalue weighted by Gasteiger charge is -2.06. The Morgan fingerprint density at radius 2 is 2.00 bits per heavy atom. The molecule has 4 heteroatoms. The van der Waals surface area contributed by atoms with E-state index in [1.165, 1.54) is 16.0 Å². The van der Waals surface area contributed by atoms with Gasteiger partial charge in [-0.1, -0.05) is 18.2 Å². The van der Waals surface area contributed by atoms with Gasteiger partial charge in [0.2, 0.25) is 5.91 Å². The van der Waals surface area contributed by atoms with E-state index in [9.17, 15) is 9.59 Å². The van der Waals surface area contributed by atoms with Crippen molar-refractivity contribution >= 4 is 11.9 Å². The molecule has 0 unspecified atom stereocenters. The van der Waals surface area contributed by atoms with Crippen LogP contribution in [0.3, 0.4) is 0 Å². The number of imide groups is 1. The van der Waals surface area contributed by atoms with Crippen molar-refractivity contribution in [3.63, 3.8) is 0 Å². The van der Waals surface area contributed by atoms with Crippen LogP contribution in [0.2, 0.25) is 0 Å². The SMILES string of the molecule is CCN1CC(=O)NC1=O.c1cc2cc-2c1. The predicted octanol–water partition coefficient (Wildman–Crippen LogP) is 1.23. The van der Waals surface area contributed by atoms with Gasteiger partial charge in [-0.25, -0.2) is 4.79 Å². The molecule has 0 aromatic rings. The minimum absolute atomic E-state index is 0.207. The number of amides is 3. The molecule has 0 atom stereocenters. The highest BCUT2D eigenvalue weighted by molar-refractivity contribution is 6.01. The van der Waals surface area contributed by atoms with E-state index in [-0.39, 0.29) is 18.5 Å². The minimum atomic E-state index is -0.275. The number of carbonyl (C=O) groups excluding carboxylic acids is 2. The fraction of sp³-hybridized carbons (Fsp3) is 0.273. The molecule has 1 heterocycles. The van der Waals surface area contributed by atoms with Gasteiger partial charge in [0.25, 0.3) is 0 Å². The van der Waals surface area contributed by atoms with Crippen molar-refractivity contribution in [2.75, 3.05) is 13.1 Å². The smallest absolute Gasteiger partial charge is 0.315 e. The Balaban J connectivity index is 0.000000121. The molecule has 2 aliphatic carbocycles. The summed E-state index contributed by atoms with van der Waals surface area (Å²) in [5.74, 6) is -0.207. The standard InChI is InChI=1S/C6H4.C5H8N2O2/c1-2-5-4-6(5)3-1;1-2-7-3-4(8)6-5(7)9/h1-4H;2-3H2,1H3,(H,6,8,9). The van der Waals surface area contributed by atoms with Crippen molar-refractivity contribution in [2.24, 2.45) is 0 Å². The third-order valence-electron chi connectivity index (χ3n) is 2.36. The van der Waals surface area contributed by atoms with Gasteiger partial charge in [-0.05, 0) is 24.1 Å². The number of urea groups is 1. The summed E-state index contributed by atoms with van der Waals surface area (Å²) in [6.45, 7) is 2.64. The van der Waals surface area contributed by atoms with Gasteiger partial charge >= 0.3 is 6.03 Å². The Bertz CT molecular complexity index is 398. The zero-order valence-electron chi connectivity index (χ0n) is 8.49. The second-order valence-electron chi connectivity index (χ2n) is 3.45. The average Bonchev–Trinajstić information content (AvgIpc) is 2.68. The number of fused-ring (bicyclic) bond motifs is 1. The molecule has 0 aromatic heterocycles. The van der Waals surface area contributed by atoms with Crippen molar-refractivity contribution in [1.82, 2.24) is 10.2 Å². The van der Waals surface area contributed by atoms with Gasteiger partial charge in [0.15, 0.2) is 0 Å². The van der Waals surface area contributed by atoms with Gasteiger partial charge in [0.1, 0.15) is 6.54 Å². The Morgan fingerprint density at radius 3 is 2.20 bits per heavy atom. The van der Waals surface area contributed by atoms with E-state index in [1.54, 1.807) is 0 Å². The maximum Gasteiger partial charge on any atom is 0.324 e. The molecule has 3 amide bonds. The van der Waals surface area contributed by atoms with E-state index in [0.29, 0.717) is 6.54 Å². The summed E-state index contributed by atoms with van der Waals surface area (Å²) in [7, 11) is 0. The van der Waals surface area contributed by atoms with Crippen LogP contribution in [0.5, 0.6) is 0 Å². The highest BCUT2D eigenvalue weighted by Crippen LogP contribution is 2.32. The second kappa shape index (κ2) is 3.73. The van der Waals surface area contributed by atoms with Crippen LogP contribution in [0.4, 0.5) is 4.79 Å². The number of carbonyl (C=O) groups is 2. The third kappa shape index (κ3) is 2.15. The fourth-order valence-corrected chi connectivity index (χ4v) is 1.41. The molecule has 1 fully saturated rings. The molecule has 1 N–H and O–H groups in total. The molecule has 78 valence electrons. The lowest BCUT2D eigenvalue weighted by molar-refractivity contribution is -0.118. The molecule has 3 aliphatic rings. The van der Waals surface area contributed by atoms with Crippen LogP contribution < -0.4 is 5.32 Å². The number of rotatable bonds is 1. The Kier molecular flexibility index (Phi) is 2.41. The highest BCUT2D eigenvalue weighted by Gasteiger charge is 2.24. The molecule has 15 heavy (non-hydrogen) atoms. The van der Waals surface area contributed by atoms with Crippen LogP contribution in [-0.4, -0.2) is 29.9 Å². The van der Waals surface area contributed by atoms with Gasteiger partial charge in [0.05, 0.1) is 0 Å². The van der Waals surface area contributed by atoms with Gasteiger partial charge in [-0.3, -0.25) is 10.1 Å². The van der Waals surface area contributed by atoms with Crippen molar-refractivity contribution in [1.29, 1.82) is 0 Å². The number of hydrogen-bond acceptors (Lipinski definition) is 2. The summed E-state index contributed by atoms with van der Waals surface area (Å²) >= 11 is 0. The number of benzene rings is 1. The molecule has 1 saturated heterocycles. The highest BCUT2D eigenvalue weighted by atomic mass is 16.2. The molecule has 3 rings (SSSR count).